The van der Waals surface area contributed by atoms with Gasteiger partial charge in [-0.25, -0.2) is 29.9 Å². The zero-order chi connectivity index (χ0) is 26.6. The van der Waals surface area contributed by atoms with E-state index in [9.17, 15) is 30.6 Å². The number of fused-ring (bicyclic) bond motifs is 2. The molecule has 0 saturated carbocycles. The Morgan fingerprint density at radius 2 is 1.05 bits per heavy atom. The van der Waals surface area contributed by atoms with Crippen molar-refractivity contribution in [2.24, 2.45) is 0 Å². The van der Waals surface area contributed by atoms with Crippen molar-refractivity contribution in [3.8, 4) is 0 Å². The van der Waals surface area contributed by atoms with Gasteiger partial charge in [-0.15, -0.1) is 0 Å². The molecule has 202 valence electrons. The van der Waals surface area contributed by atoms with Gasteiger partial charge in [0.05, 0.1) is 25.9 Å². The topological polar surface area (TPSA) is 227 Å². The highest BCUT2D eigenvalue weighted by Crippen LogP contribution is 2.41. The van der Waals surface area contributed by atoms with Crippen LogP contribution in [0.2, 0.25) is 0 Å². The molecule has 16 nitrogen and oxygen atoms in total. The minimum atomic E-state index is -1.29. The lowest BCUT2D eigenvalue weighted by molar-refractivity contribution is -0.0511. The number of rotatable bonds is 7. The van der Waals surface area contributed by atoms with Gasteiger partial charge in [0.1, 0.15) is 70.4 Å². The van der Waals surface area contributed by atoms with Crippen LogP contribution in [0, 0.1) is 0 Å². The molecule has 6 N–H and O–H groups in total. The van der Waals surface area contributed by atoms with Crippen molar-refractivity contribution < 1.29 is 40.1 Å². The maximum atomic E-state index is 10.4. The normalized spacial score (nSPS) is 31.6. The Morgan fingerprint density at radius 3 is 1.42 bits per heavy atom. The monoisotopic (exact) mass is 566 g/mol. The maximum absolute atomic E-state index is 10.4. The van der Waals surface area contributed by atoms with Gasteiger partial charge in [0.25, 0.3) is 0 Å². The second kappa shape index (κ2) is 10.2. The van der Waals surface area contributed by atoms with Gasteiger partial charge < -0.3 is 40.1 Å². The van der Waals surface area contributed by atoms with E-state index in [0.717, 1.165) is 0 Å². The molecule has 4 aromatic heterocycles. The lowest BCUT2D eigenvalue weighted by Gasteiger charge is -2.16. The Bertz CT molecular complexity index is 1350. The van der Waals surface area contributed by atoms with Crippen molar-refractivity contribution >= 4 is 43.9 Å². The fourth-order valence-corrected chi connectivity index (χ4v) is 6.44. The number of ether oxygens (including phenoxy) is 2. The Balaban J connectivity index is 1.25. The Kier molecular flexibility index (Phi) is 6.93. The first-order valence-corrected chi connectivity index (χ1v) is 13.5. The number of imidazole rings is 2. The van der Waals surface area contributed by atoms with Crippen LogP contribution in [0.15, 0.2) is 35.4 Å². The van der Waals surface area contributed by atoms with E-state index in [4.69, 9.17) is 9.47 Å². The summed E-state index contributed by atoms with van der Waals surface area (Å²) < 4.78 is 14.1. The number of hydrogen-bond acceptors (Lipinski definition) is 16. The third-order valence-corrected chi connectivity index (χ3v) is 8.63. The first kappa shape index (κ1) is 25.7. The van der Waals surface area contributed by atoms with Crippen molar-refractivity contribution in [1.82, 2.24) is 39.0 Å². The van der Waals surface area contributed by atoms with E-state index < -0.39 is 62.3 Å². The summed E-state index contributed by atoms with van der Waals surface area (Å²) >= 11 is 0. The molecule has 0 aromatic carbocycles. The van der Waals surface area contributed by atoms with Crippen molar-refractivity contribution in [2.45, 2.75) is 59.1 Å². The van der Waals surface area contributed by atoms with Gasteiger partial charge in [0.2, 0.25) is 0 Å². The van der Waals surface area contributed by atoms with E-state index in [2.05, 4.69) is 29.9 Å². The number of hydrogen-bond donors (Lipinski definition) is 6. The molecule has 18 heteroatoms. The van der Waals surface area contributed by atoms with Crippen molar-refractivity contribution in [1.29, 1.82) is 0 Å². The van der Waals surface area contributed by atoms with E-state index in [1.54, 1.807) is 0 Å². The van der Waals surface area contributed by atoms with Gasteiger partial charge in [0, 0.05) is 0 Å². The number of nitrogens with zero attached hydrogens (tertiary/aromatic N) is 8. The molecule has 0 radical (unpaired) electrons. The molecule has 4 aromatic rings. The highest BCUT2D eigenvalue weighted by Gasteiger charge is 2.45. The second-order valence-electron chi connectivity index (χ2n) is 8.63. The van der Waals surface area contributed by atoms with Crippen LogP contribution in [0.1, 0.15) is 12.5 Å². The van der Waals surface area contributed by atoms with E-state index in [0.29, 0.717) is 32.4 Å². The summed E-state index contributed by atoms with van der Waals surface area (Å²) in [5.74, 6) is 0. The summed E-state index contributed by atoms with van der Waals surface area (Å²) in [5.41, 5.74) is 1.56. The fraction of sp³-hybridized carbons (Fsp3) is 0.500. The SMILES string of the molecule is OC[C@@H]1O[C@H](n2cnc3c(SSc4ncnc5c4ncn5[C@@H]4O[C@@H](CO)[C@@H](O)[C@@H]4O)ncnc32)[C@H](O)[C@@H]1O. The molecule has 6 heterocycles. The average Bonchev–Trinajstić information content (AvgIpc) is 3.69. The standard InChI is InChI=1S/C20H22N8O8S2/c29-1-7-11(31)13(33)19(35-7)27-5-25-9-15(27)21-3-23-17(9)37-38-18-10-16(22-4-24-18)28(6-26-10)20-14(34)12(32)8(2-30)36-20/h3-8,11-14,19-20,29-34H,1-2H2/t7-,8-,11+,12+,13-,14+,19+,20-/m0/s1. The van der Waals surface area contributed by atoms with Crippen LogP contribution in [-0.4, -0.2) is 120 Å². The zero-order valence-corrected chi connectivity index (χ0v) is 20.9. The Morgan fingerprint density at radius 1 is 0.632 bits per heavy atom. The highest BCUT2D eigenvalue weighted by molar-refractivity contribution is 8.76. The predicted molar refractivity (Wildman–Crippen MR) is 128 cm³/mol. The molecule has 2 saturated heterocycles. The molecule has 0 aliphatic carbocycles. The first-order chi connectivity index (χ1) is 18.4. The van der Waals surface area contributed by atoms with E-state index in [-0.39, 0.29) is 0 Å². The summed E-state index contributed by atoms with van der Waals surface area (Å²) in [4.78, 5) is 25.8. The van der Waals surface area contributed by atoms with Crippen LogP contribution < -0.4 is 0 Å². The third kappa shape index (κ3) is 4.13. The third-order valence-electron chi connectivity index (χ3n) is 6.43. The molecular formula is C20H22N8O8S2. The molecule has 0 amide bonds. The molecule has 2 fully saturated rings. The number of aromatic nitrogens is 8. The summed E-state index contributed by atoms with van der Waals surface area (Å²) in [6, 6.07) is 0. The van der Waals surface area contributed by atoms with E-state index in [1.165, 1.54) is 56.0 Å². The summed E-state index contributed by atoms with van der Waals surface area (Å²) in [6.07, 6.45) is -3.46. The molecular weight excluding hydrogens is 544 g/mol. The Hall–Kier alpha value is -2.52. The lowest BCUT2D eigenvalue weighted by atomic mass is 10.1. The van der Waals surface area contributed by atoms with Gasteiger partial charge >= 0.3 is 0 Å². The van der Waals surface area contributed by atoms with Gasteiger partial charge in [-0.05, 0) is 21.6 Å². The molecule has 0 spiro atoms. The van der Waals surface area contributed by atoms with Gasteiger partial charge in [-0.3, -0.25) is 9.13 Å². The second-order valence-corrected chi connectivity index (χ2v) is 10.7. The molecule has 8 atom stereocenters. The first-order valence-electron chi connectivity index (χ1n) is 11.4. The van der Waals surface area contributed by atoms with Crippen LogP contribution in [-0.2, 0) is 9.47 Å². The number of aliphatic hydroxyl groups is 6. The van der Waals surface area contributed by atoms with Gasteiger partial charge in [0.15, 0.2) is 23.8 Å². The summed E-state index contributed by atoms with van der Waals surface area (Å²) in [7, 11) is 2.46. The van der Waals surface area contributed by atoms with E-state index in [1.807, 2.05) is 0 Å². The summed E-state index contributed by atoms with van der Waals surface area (Å²) in [6.45, 7) is -0.905. The lowest BCUT2D eigenvalue weighted by Crippen LogP contribution is -2.33. The van der Waals surface area contributed by atoms with Crippen LogP contribution in [0.3, 0.4) is 0 Å². The highest BCUT2D eigenvalue weighted by atomic mass is 33.1. The smallest absolute Gasteiger partial charge is 0.166 e. The van der Waals surface area contributed by atoms with Crippen LogP contribution >= 0.6 is 21.6 Å². The minimum absolute atomic E-state index is 0.361. The zero-order valence-electron chi connectivity index (χ0n) is 19.2. The number of aliphatic hydroxyl groups excluding tert-OH is 6. The molecule has 38 heavy (non-hydrogen) atoms. The maximum Gasteiger partial charge on any atom is 0.166 e. The fourth-order valence-electron chi connectivity index (χ4n) is 4.45. The van der Waals surface area contributed by atoms with Gasteiger partial charge in [-0.2, -0.15) is 0 Å². The summed E-state index contributed by atoms with van der Waals surface area (Å²) in [5, 5.41) is 60.7. The van der Waals surface area contributed by atoms with Crippen LogP contribution in [0.5, 0.6) is 0 Å². The quantitative estimate of drug-likeness (QED) is 0.105. The molecule has 2 aliphatic heterocycles. The van der Waals surface area contributed by atoms with Gasteiger partial charge in [-0.1, -0.05) is 0 Å². The largest absolute Gasteiger partial charge is 0.394 e. The molecule has 2 aliphatic rings. The molecule has 0 bridgehead atoms. The van der Waals surface area contributed by atoms with Crippen molar-refractivity contribution in [3.05, 3.63) is 25.3 Å². The van der Waals surface area contributed by atoms with Crippen molar-refractivity contribution in [3.63, 3.8) is 0 Å². The van der Waals surface area contributed by atoms with Crippen LogP contribution in [0.25, 0.3) is 22.3 Å². The molecule has 6 rings (SSSR count). The minimum Gasteiger partial charge on any atom is -0.394 e. The molecule has 0 unspecified atom stereocenters. The average molecular weight is 567 g/mol. The Labute approximate surface area is 220 Å². The van der Waals surface area contributed by atoms with Crippen molar-refractivity contribution in [2.75, 3.05) is 13.2 Å². The van der Waals surface area contributed by atoms with E-state index >= 15 is 0 Å². The predicted octanol–water partition coefficient (Wildman–Crippen LogP) is -2.01. The van der Waals surface area contributed by atoms with Crippen LogP contribution in [0.4, 0.5) is 0 Å².